The van der Waals surface area contributed by atoms with Gasteiger partial charge in [0.1, 0.15) is 11.2 Å². The van der Waals surface area contributed by atoms with Gasteiger partial charge in [-0.1, -0.05) is 6.92 Å². The number of fused-ring (bicyclic) bond motifs is 2. The number of aromatic nitrogens is 2. The maximum absolute atomic E-state index is 15.0. The van der Waals surface area contributed by atoms with E-state index in [2.05, 4.69) is 11.9 Å². The molecule has 3 atom stereocenters. The second kappa shape index (κ2) is 5.76. The van der Waals surface area contributed by atoms with Crippen LogP contribution < -0.4 is 16.1 Å². The van der Waals surface area contributed by atoms with Crippen LogP contribution in [0.2, 0.25) is 0 Å². The summed E-state index contributed by atoms with van der Waals surface area (Å²) in [5.41, 5.74) is 4.80. The maximum atomic E-state index is 15.0. The van der Waals surface area contributed by atoms with Gasteiger partial charge in [-0.25, -0.2) is 14.2 Å². The van der Waals surface area contributed by atoms with E-state index in [-0.39, 0.29) is 28.3 Å². The van der Waals surface area contributed by atoms with E-state index >= 15 is 0 Å². The molecule has 0 aromatic carbocycles. The second-order valence-electron chi connectivity index (χ2n) is 9.39. The molecular weight excluding hydrogens is 363 g/mol. The molecule has 8 heteroatoms. The number of nitrogens with zero attached hydrogens (tertiary/aromatic N) is 3. The number of hydrogen-bond donors (Lipinski definition) is 2. The summed E-state index contributed by atoms with van der Waals surface area (Å²) >= 11 is 0. The Kier molecular flexibility index (Phi) is 3.88. The number of carboxylic acids is 1. The van der Waals surface area contributed by atoms with Crippen LogP contribution in [-0.4, -0.2) is 39.8 Å². The molecule has 2 aliphatic rings. The number of rotatable bonds is 2. The third-order valence-corrected chi connectivity index (χ3v) is 6.25. The number of carbonyl (C=O) groups is 1. The number of carboxylic acid groups (broad SMARTS) is 1. The second-order valence-corrected chi connectivity index (χ2v) is 9.39. The summed E-state index contributed by atoms with van der Waals surface area (Å²) in [7, 11) is 0. The highest BCUT2D eigenvalue weighted by molar-refractivity contribution is 5.92. The Bertz CT molecular complexity index is 1060. The minimum Gasteiger partial charge on any atom is -0.477 e. The lowest BCUT2D eigenvalue weighted by atomic mass is 9.60. The van der Waals surface area contributed by atoms with Crippen molar-refractivity contribution in [3.63, 3.8) is 0 Å². The lowest BCUT2D eigenvalue weighted by Crippen LogP contribution is -2.53. The van der Waals surface area contributed by atoms with Gasteiger partial charge in [0.05, 0.1) is 5.39 Å². The van der Waals surface area contributed by atoms with Crippen LogP contribution in [0, 0.1) is 17.2 Å². The summed E-state index contributed by atoms with van der Waals surface area (Å²) in [6.45, 7) is 9.08. The SMILES string of the molecule is CC12C[C@@H](N)C1CN(c1nc3c(cc1F)c(=O)c(C(=O)O)cn3C(C)(C)C)C2. The monoisotopic (exact) mass is 388 g/mol. The van der Waals surface area contributed by atoms with Crippen LogP contribution in [0.4, 0.5) is 10.2 Å². The van der Waals surface area contributed by atoms with E-state index in [9.17, 15) is 19.1 Å². The van der Waals surface area contributed by atoms with Crippen LogP contribution in [0.15, 0.2) is 17.1 Å². The zero-order chi connectivity index (χ0) is 20.6. The van der Waals surface area contributed by atoms with E-state index in [0.717, 1.165) is 12.5 Å². The Labute approximate surface area is 162 Å². The van der Waals surface area contributed by atoms with E-state index in [0.29, 0.717) is 19.0 Å². The first-order valence-electron chi connectivity index (χ1n) is 9.42. The molecule has 1 saturated carbocycles. The van der Waals surface area contributed by atoms with Gasteiger partial charge < -0.3 is 20.3 Å². The fourth-order valence-corrected chi connectivity index (χ4v) is 4.73. The summed E-state index contributed by atoms with van der Waals surface area (Å²) in [6, 6.07) is 1.24. The largest absolute Gasteiger partial charge is 0.477 e. The average Bonchev–Trinajstić information content (AvgIpc) is 2.84. The Morgan fingerprint density at radius 2 is 2.11 bits per heavy atom. The predicted octanol–water partition coefficient (Wildman–Crippen LogP) is 2.16. The Morgan fingerprint density at radius 3 is 2.64 bits per heavy atom. The molecule has 4 rings (SSSR count). The molecule has 2 unspecified atom stereocenters. The van der Waals surface area contributed by atoms with Gasteiger partial charge in [0.2, 0.25) is 5.43 Å². The van der Waals surface area contributed by atoms with E-state index < -0.39 is 28.3 Å². The molecule has 1 saturated heterocycles. The molecule has 1 aliphatic carbocycles. The van der Waals surface area contributed by atoms with Gasteiger partial charge in [0, 0.05) is 30.9 Å². The Balaban J connectivity index is 1.92. The average molecular weight is 388 g/mol. The molecule has 0 spiro atoms. The maximum Gasteiger partial charge on any atom is 0.341 e. The summed E-state index contributed by atoms with van der Waals surface area (Å²) in [5.74, 6) is -1.47. The molecule has 150 valence electrons. The zero-order valence-corrected chi connectivity index (χ0v) is 16.5. The van der Waals surface area contributed by atoms with Crippen molar-refractivity contribution in [3.8, 4) is 0 Å². The standard InChI is InChI=1S/C20H25FN4O3/c1-19(2,3)25-7-11(18(27)28)15(26)10-5-13(21)17(23-16(10)25)24-8-12-14(22)6-20(12,4)9-24/h5,7,12,14H,6,8-9,22H2,1-4H3,(H,27,28)/t12?,14-,20?/m1/s1. The number of halogens is 1. The van der Waals surface area contributed by atoms with Gasteiger partial charge in [-0.05, 0) is 44.6 Å². The van der Waals surface area contributed by atoms with E-state index in [1.807, 2.05) is 25.7 Å². The molecular formula is C20H25FN4O3. The van der Waals surface area contributed by atoms with E-state index in [1.54, 1.807) is 4.57 Å². The van der Waals surface area contributed by atoms with Crippen LogP contribution in [0.5, 0.6) is 0 Å². The van der Waals surface area contributed by atoms with Gasteiger partial charge in [-0.3, -0.25) is 4.79 Å². The normalized spacial score (nSPS) is 27.0. The molecule has 2 fully saturated rings. The number of nitrogens with two attached hydrogens (primary N) is 1. The highest BCUT2D eigenvalue weighted by Crippen LogP contribution is 2.51. The van der Waals surface area contributed by atoms with Gasteiger partial charge in [-0.2, -0.15) is 0 Å². The first-order chi connectivity index (χ1) is 12.9. The first-order valence-corrected chi connectivity index (χ1v) is 9.42. The Hall–Kier alpha value is -2.48. The quantitative estimate of drug-likeness (QED) is 0.818. The lowest BCUT2D eigenvalue weighted by Gasteiger charge is -2.46. The Morgan fingerprint density at radius 1 is 1.43 bits per heavy atom. The fourth-order valence-electron chi connectivity index (χ4n) is 4.73. The minimum absolute atomic E-state index is 0.0267. The third-order valence-electron chi connectivity index (χ3n) is 6.25. The van der Waals surface area contributed by atoms with E-state index in [1.165, 1.54) is 6.20 Å². The van der Waals surface area contributed by atoms with Crippen LogP contribution >= 0.6 is 0 Å². The number of aromatic carboxylic acids is 1. The van der Waals surface area contributed by atoms with Crippen molar-refractivity contribution in [1.29, 1.82) is 0 Å². The number of pyridine rings is 2. The number of anilines is 1. The van der Waals surface area contributed by atoms with Crippen LogP contribution in [0.25, 0.3) is 11.0 Å². The minimum atomic E-state index is -1.34. The van der Waals surface area contributed by atoms with E-state index in [4.69, 9.17) is 5.73 Å². The van der Waals surface area contributed by atoms with Crippen molar-refractivity contribution in [2.45, 2.75) is 45.7 Å². The van der Waals surface area contributed by atoms with Crippen molar-refractivity contribution in [2.75, 3.05) is 18.0 Å². The first kappa shape index (κ1) is 18.9. The van der Waals surface area contributed by atoms with Crippen LogP contribution in [-0.2, 0) is 5.54 Å². The molecule has 7 nitrogen and oxygen atoms in total. The highest BCUT2D eigenvalue weighted by atomic mass is 19.1. The molecule has 28 heavy (non-hydrogen) atoms. The summed E-state index contributed by atoms with van der Waals surface area (Å²) in [6.07, 6.45) is 2.20. The summed E-state index contributed by atoms with van der Waals surface area (Å²) in [5, 5.41) is 9.36. The van der Waals surface area contributed by atoms with Crippen molar-refractivity contribution in [1.82, 2.24) is 9.55 Å². The molecule has 0 radical (unpaired) electrons. The molecule has 0 amide bonds. The predicted molar refractivity (Wildman–Crippen MR) is 104 cm³/mol. The van der Waals surface area contributed by atoms with Crippen LogP contribution in [0.3, 0.4) is 0 Å². The molecule has 3 N–H and O–H groups in total. The summed E-state index contributed by atoms with van der Waals surface area (Å²) < 4.78 is 16.6. The fraction of sp³-hybridized carbons (Fsp3) is 0.550. The van der Waals surface area contributed by atoms with Crippen molar-refractivity contribution in [2.24, 2.45) is 17.1 Å². The smallest absolute Gasteiger partial charge is 0.341 e. The zero-order valence-electron chi connectivity index (χ0n) is 16.5. The molecule has 2 aromatic rings. The summed E-state index contributed by atoms with van der Waals surface area (Å²) in [4.78, 5) is 30.5. The van der Waals surface area contributed by atoms with Gasteiger partial charge in [-0.15, -0.1) is 0 Å². The van der Waals surface area contributed by atoms with Crippen LogP contribution in [0.1, 0.15) is 44.5 Å². The number of hydrogen-bond acceptors (Lipinski definition) is 5. The van der Waals surface area contributed by atoms with Gasteiger partial charge in [0.25, 0.3) is 0 Å². The molecule has 1 aliphatic heterocycles. The molecule has 3 heterocycles. The topological polar surface area (TPSA) is 101 Å². The highest BCUT2D eigenvalue weighted by Gasteiger charge is 2.55. The van der Waals surface area contributed by atoms with Gasteiger partial charge >= 0.3 is 5.97 Å². The van der Waals surface area contributed by atoms with Crippen molar-refractivity contribution in [3.05, 3.63) is 33.9 Å². The molecule has 2 aromatic heterocycles. The van der Waals surface area contributed by atoms with Gasteiger partial charge in [0.15, 0.2) is 11.6 Å². The lowest BCUT2D eigenvalue weighted by molar-refractivity contribution is 0.0694. The molecule has 0 bridgehead atoms. The van der Waals surface area contributed by atoms with Crippen molar-refractivity contribution < 1.29 is 14.3 Å². The van der Waals surface area contributed by atoms with Crippen molar-refractivity contribution >= 4 is 22.8 Å². The third kappa shape index (κ3) is 2.62.